The van der Waals surface area contributed by atoms with Crippen LogP contribution in [0, 0.1) is 0 Å². The molecule has 1 N–H and O–H groups in total. The summed E-state index contributed by atoms with van der Waals surface area (Å²) in [6, 6.07) is 8.01. The summed E-state index contributed by atoms with van der Waals surface area (Å²) in [7, 11) is 4.49. The van der Waals surface area contributed by atoms with E-state index in [0.717, 1.165) is 17.3 Å². The van der Waals surface area contributed by atoms with Crippen molar-refractivity contribution in [3.63, 3.8) is 0 Å². The molecule has 5 heterocycles. The number of morpholine rings is 1. The van der Waals surface area contributed by atoms with Gasteiger partial charge in [-0.15, -0.1) is 22.7 Å². The Morgan fingerprint density at radius 3 is 2.15 bits per heavy atom. The van der Waals surface area contributed by atoms with E-state index >= 15 is 0 Å². The Morgan fingerprint density at radius 1 is 1.15 bits per heavy atom. The fraction of sp³-hybridized carbons (Fsp3) is 0.526. The SMILES string of the molecule is C[N+]1(C)C2CC(OC(=O)C(O)(c3cccs3)c3cccs3)C[C@@H]1[C@H]1O[C@@H]21. The van der Waals surface area contributed by atoms with Crippen LogP contribution in [0.25, 0.3) is 0 Å². The highest BCUT2D eigenvalue weighted by Crippen LogP contribution is 2.52. The molecule has 2 unspecified atom stereocenters. The molecule has 0 amide bonds. The summed E-state index contributed by atoms with van der Waals surface area (Å²) in [5.41, 5.74) is -1.72. The molecule has 5 atom stereocenters. The third kappa shape index (κ3) is 2.28. The van der Waals surface area contributed by atoms with E-state index in [2.05, 4.69) is 14.1 Å². The van der Waals surface area contributed by atoms with E-state index in [4.69, 9.17) is 9.47 Å². The number of hydrogen-bond acceptors (Lipinski definition) is 6. The topological polar surface area (TPSA) is 59.1 Å². The Hall–Kier alpha value is -1.25. The van der Waals surface area contributed by atoms with Crippen LogP contribution < -0.4 is 0 Å². The van der Waals surface area contributed by atoms with Crippen LogP contribution in [0.15, 0.2) is 35.0 Å². The first-order chi connectivity index (χ1) is 12.4. The van der Waals surface area contributed by atoms with Crippen molar-refractivity contribution >= 4 is 28.6 Å². The summed E-state index contributed by atoms with van der Waals surface area (Å²) in [5, 5.41) is 15.1. The molecule has 2 aromatic heterocycles. The molecule has 0 radical (unpaired) electrons. The number of likely N-dealkylation sites (N-methyl/N-ethyl adjacent to an activating group) is 1. The van der Waals surface area contributed by atoms with Crippen LogP contribution >= 0.6 is 22.7 Å². The van der Waals surface area contributed by atoms with E-state index in [0.29, 0.717) is 34.0 Å². The minimum absolute atomic E-state index is 0.161. The van der Waals surface area contributed by atoms with Crippen molar-refractivity contribution in [2.75, 3.05) is 14.1 Å². The first-order valence-electron chi connectivity index (χ1n) is 8.92. The lowest BCUT2D eigenvalue weighted by atomic mass is 9.95. The summed E-state index contributed by atoms with van der Waals surface area (Å²) < 4.78 is 12.6. The summed E-state index contributed by atoms with van der Waals surface area (Å²) in [4.78, 5) is 14.3. The number of fused-ring (bicyclic) bond motifs is 5. The summed E-state index contributed by atoms with van der Waals surface area (Å²) in [6.07, 6.45) is 2.05. The number of aliphatic hydroxyl groups is 1. The second-order valence-electron chi connectivity index (χ2n) is 7.99. The molecule has 5 rings (SSSR count). The van der Waals surface area contributed by atoms with Gasteiger partial charge in [0.25, 0.3) is 0 Å². The number of epoxide rings is 1. The number of thiophene rings is 2. The zero-order chi connectivity index (χ0) is 18.1. The van der Waals surface area contributed by atoms with Crippen molar-refractivity contribution in [1.82, 2.24) is 0 Å². The van der Waals surface area contributed by atoms with Crippen molar-refractivity contribution in [2.24, 2.45) is 0 Å². The lowest BCUT2D eigenvalue weighted by molar-refractivity contribution is -0.938. The maximum absolute atomic E-state index is 13.1. The molecule has 2 bridgehead atoms. The third-order valence-electron chi connectivity index (χ3n) is 6.36. The highest BCUT2D eigenvalue weighted by Gasteiger charge is 2.71. The zero-order valence-electron chi connectivity index (χ0n) is 14.7. The fourth-order valence-electron chi connectivity index (χ4n) is 4.83. The van der Waals surface area contributed by atoms with Crippen LogP contribution in [0.1, 0.15) is 22.6 Å². The molecule has 138 valence electrons. The quantitative estimate of drug-likeness (QED) is 0.493. The minimum atomic E-state index is -1.72. The van der Waals surface area contributed by atoms with E-state index in [1.807, 2.05) is 22.9 Å². The number of carbonyl (C=O) groups excluding carboxylic acids is 1. The molecular formula is C19H22NO4S2+. The second-order valence-corrected chi connectivity index (χ2v) is 9.89. The van der Waals surface area contributed by atoms with Gasteiger partial charge in [-0.1, -0.05) is 12.1 Å². The van der Waals surface area contributed by atoms with Gasteiger partial charge in [-0.2, -0.15) is 0 Å². The fourth-order valence-corrected chi connectivity index (χ4v) is 6.54. The molecule has 7 heteroatoms. The molecule has 3 aliphatic rings. The van der Waals surface area contributed by atoms with Crippen LogP contribution in [0.3, 0.4) is 0 Å². The van der Waals surface area contributed by atoms with Gasteiger partial charge in [-0.25, -0.2) is 4.79 Å². The zero-order valence-corrected chi connectivity index (χ0v) is 16.3. The maximum atomic E-state index is 13.1. The third-order valence-corrected chi connectivity index (χ3v) is 8.32. The Balaban J connectivity index is 1.40. The van der Waals surface area contributed by atoms with Crippen molar-refractivity contribution in [3.05, 3.63) is 44.8 Å². The average molecular weight is 393 g/mol. The van der Waals surface area contributed by atoms with Gasteiger partial charge >= 0.3 is 5.97 Å². The smallest absolute Gasteiger partial charge is 0.349 e. The van der Waals surface area contributed by atoms with Crippen LogP contribution in [0.4, 0.5) is 0 Å². The number of rotatable bonds is 4. The molecule has 2 aromatic rings. The lowest BCUT2D eigenvalue weighted by Crippen LogP contribution is -2.60. The van der Waals surface area contributed by atoms with E-state index in [1.165, 1.54) is 22.7 Å². The van der Waals surface area contributed by atoms with Crippen molar-refractivity contribution in [2.45, 2.75) is 48.8 Å². The summed E-state index contributed by atoms with van der Waals surface area (Å²) in [5.74, 6) is -0.561. The average Bonchev–Trinajstić information content (AvgIpc) is 2.98. The number of ether oxygens (including phenoxy) is 2. The lowest BCUT2D eigenvalue weighted by Gasteiger charge is -2.45. The van der Waals surface area contributed by atoms with Gasteiger partial charge in [0.1, 0.15) is 30.4 Å². The van der Waals surface area contributed by atoms with E-state index < -0.39 is 11.6 Å². The predicted octanol–water partition coefficient (Wildman–Crippen LogP) is 2.35. The van der Waals surface area contributed by atoms with Gasteiger partial charge in [-0.3, -0.25) is 0 Å². The molecule has 0 spiro atoms. The molecule has 3 saturated heterocycles. The normalized spacial score (nSPS) is 34.3. The Kier molecular flexibility index (Phi) is 3.65. The Morgan fingerprint density at radius 2 is 1.69 bits per heavy atom. The number of hydrogen-bond donors (Lipinski definition) is 1. The van der Waals surface area contributed by atoms with Crippen LogP contribution in [0.5, 0.6) is 0 Å². The molecular weight excluding hydrogens is 370 g/mol. The summed E-state index contributed by atoms with van der Waals surface area (Å²) >= 11 is 2.74. The molecule has 3 aliphatic heterocycles. The van der Waals surface area contributed by atoms with E-state index in [1.54, 1.807) is 12.1 Å². The largest absolute Gasteiger partial charge is 0.459 e. The number of piperidine rings is 1. The summed E-state index contributed by atoms with van der Waals surface area (Å²) in [6.45, 7) is 0. The molecule has 3 fully saturated rings. The predicted molar refractivity (Wildman–Crippen MR) is 99.1 cm³/mol. The van der Waals surface area contributed by atoms with Crippen molar-refractivity contribution < 1.29 is 23.9 Å². The van der Waals surface area contributed by atoms with Gasteiger partial charge in [0.15, 0.2) is 0 Å². The number of quaternary nitrogens is 1. The van der Waals surface area contributed by atoms with Gasteiger partial charge < -0.3 is 19.1 Å². The number of carbonyl (C=O) groups is 1. The first kappa shape index (κ1) is 16.9. The Bertz CT molecular complexity index is 762. The first-order valence-corrected chi connectivity index (χ1v) is 10.7. The minimum Gasteiger partial charge on any atom is -0.459 e. The Labute approximate surface area is 160 Å². The van der Waals surface area contributed by atoms with Crippen LogP contribution in [-0.2, 0) is 19.9 Å². The van der Waals surface area contributed by atoms with Crippen molar-refractivity contribution in [3.8, 4) is 0 Å². The van der Waals surface area contributed by atoms with Crippen molar-refractivity contribution in [1.29, 1.82) is 0 Å². The molecule has 26 heavy (non-hydrogen) atoms. The highest BCUT2D eigenvalue weighted by molar-refractivity contribution is 7.12. The number of nitrogens with zero attached hydrogens (tertiary/aromatic N) is 1. The monoisotopic (exact) mass is 392 g/mol. The van der Waals surface area contributed by atoms with Gasteiger partial charge in [-0.05, 0) is 22.9 Å². The molecule has 0 aromatic carbocycles. The van der Waals surface area contributed by atoms with E-state index in [9.17, 15) is 9.90 Å². The second kappa shape index (κ2) is 5.62. The van der Waals surface area contributed by atoms with E-state index in [-0.39, 0.29) is 6.10 Å². The molecule has 0 saturated carbocycles. The van der Waals surface area contributed by atoms with Gasteiger partial charge in [0.2, 0.25) is 5.60 Å². The molecule has 0 aliphatic carbocycles. The standard InChI is InChI=1S/C19H22NO4S2/c1-20(2)12-9-11(10-13(20)17-16(12)24-17)23-18(21)19(22,14-5-3-7-25-14)15-6-4-8-26-15/h3-8,11-13,16-17,22H,9-10H2,1-2H3/q+1/t11?,12-,13?,16-,17+/m1/s1. The molecule has 5 nitrogen and oxygen atoms in total. The van der Waals surface area contributed by atoms with Gasteiger partial charge in [0, 0.05) is 12.8 Å². The van der Waals surface area contributed by atoms with Gasteiger partial charge in [0.05, 0.1) is 23.8 Å². The van der Waals surface area contributed by atoms with Crippen LogP contribution in [-0.4, -0.2) is 60.0 Å². The maximum Gasteiger partial charge on any atom is 0.349 e. The van der Waals surface area contributed by atoms with Crippen LogP contribution in [0.2, 0.25) is 0 Å². The highest BCUT2D eigenvalue weighted by atomic mass is 32.1. The number of esters is 1.